The Labute approximate surface area is 143 Å². The number of anilines is 1. The Balaban J connectivity index is 2.04. The SMILES string of the molecule is Cc1cc2ncc(C#N)c(N3CCCN(CCN)CC3)c2cc1C. The molecular formula is C19H25N5. The lowest BCUT2D eigenvalue weighted by molar-refractivity contribution is 0.302. The van der Waals surface area contributed by atoms with Crippen molar-refractivity contribution in [2.75, 3.05) is 44.2 Å². The zero-order valence-corrected chi connectivity index (χ0v) is 14.5. The molecule has 0 atom stereocenters. The van der Waals surface area contributed by atoms with Crippen LogP contribution in [-0.2, 0) is 0 Å². The predicted molar refractivity (Wildman–Crippen MR) is 98.3 cm³/mol. The van der Waals surface area contributed by atoms with Crippen LogP contribution in [-0.4, -0.2) is 49.2 Å². The van der Waals surface area contributed by atoms with Crippen LogP contribution >= 0.6 is 0 Å². The van der Waals surface area contributed by atoms with Crippen LogP contribution in [0.2, 0.25) is 0 Å². The molecule has 3 rings (SSSR count). The maximum Gasteiger partial charge on any atom is 0.103 e. The standard InChI is InChI=1S/C19H25N5/c1-14-10-17-18(11-15(14)2)22-13-16(12-21)19(17)24-6-3-5-23(7-4-20)8-9-24/h10-11,13H,3-9,20H2,1-2H3. The molecule has 2 N–H and O–H groups in total. The fraction of sp³-hybridized carbons (Fsp3) is 0.474. The molecule has 1 aromatic heterocycles. The van der Waals surface area contributed by atoms with E-state index in [1.807, 2.05) is 0 Å². The van der Waals surface area contributed by atoms with Crippen molar-refractivity contribution in [3.05, 3.63) is 35.0 Å². The van der Waals surface area contributed by atoms with E-state index in [2.05, 4.69) is 46.8 Å². The van der Waals surface area contributed by atoms with Crippen LogP contribution in [0.1, 0.15) is 23.1 Å². The van der Waals surface area contributed by atoms with E-state index in [-0.39, 0.29) is 0 Å². The number of aryl methyl sites for hydroxylation is 2. The summed E-state index contributed by atoms with van der Waals surface area (Å²) < 4.78 is 0. The van der Waals surface area contributed by atoms with Crippen molar-refractivity contribution < 1.29 is 0 Å². The van der Waals surface area contributed by atoms with E-state index < -0.39 is 0 Å². The third-order valence-corrected chi connectivity index (χ3v) is 4.93. The van der Waals surface area contributed by atoms with Crippen molar-refractivity contribution in [3.8, 4) is 6.07 Å². The summed E-state index contributed by atoms with van der Waals surface area (Å²) in [5, 5.41) is 10.7. The molecular weight excluding hydrogens is 298 g/mol. The molecule has 0 spiro atoms. The highest BCUT2D eigenvalue weighted by Crippen LogP contribution is 2.31. The fourth-order valence-electron chi connectivity index (χ4n) is 3.46. The summed E-state index contributed by atoms with van der Waals surface area (Å²) in [6.45, 7) is 9.78. The van der Waals surface area contributed by atoms with Gasteiger partial charge in [0.1, 0.15) is 6.07 Å². The molecule has 5 nitrogen and oxygen atoms in total. The van der Waals surface area contributed by atoms with Crippen molar-refractivity contribution in [2.45, 2.75) is 20.3 Å². The molecule has 2 heterocycles. The van der Waals surface area contributed by atoms with Gasteiger partial charge < -0.3 is 15.5 Å². The summed E-state index contributed by atoms with van der Waals surface area (Å²) >= 11 is 0. The number of nitriles is 1. The molecule has 1 aliphatic heterocycles. The van der Waals surface area contributed by atoms with Gasteiger partial charge in [0.15, 0.2) is 0 Å². The summed E-state index contributed by atoms with van der Waals surface area (Å²) in [5.41, 5.74) is 10.8. The van der Waals surface area contributed by atoms with E-state index in [1.165, 1.54) is 11.1 Å². The second-order valence-electron chi connectivity index (χ2n) is 6.56. The molecule has 0 unspecified atom stereocenters. The summed E-state index contributed by atoms with van der Waals surface area (Å²) in [6, 6.07) is 6.63. The van der Waals surface area contributed by atoms with Gasteiger partial charge in [0, 0.05) is 44.3 Å². The second-order valence-corrected chi connectivity index (χ2v) is 6.56. The van der Waals surface area contributed by atoms with Crippen LogP contribution in [0.3, 0.4) is 0 Å². The van der Waals surface area contributed by atoms with Gasteiger partial charge >= 0.3 is 0 Å². The molecule has 126 valence electrons. The lowest BCUT2D eigenvalue weighted by atomic mass is 10.0. The number of nitrogens with two attached hydrogens (primary N) is 1. The van der Waals surface area contributed by atoms with Gasteiger partial charge in [0.2, 0.25) is 0 Å². The predicted octanol–water partition coefficient (Wildman–Crippen LogP) is 2.19. The van der Waals surface area contributed by atoms with Crippen molar-refractivity contribution in [1.29, 1.82) is 5.26 Å². The van der Waals surface area contributed by atoms with Crippen LogP contribution in [0.4, 0.5) is 5.69 Å². The first-order chi connectivity index (χ1) is 11.6. The lowest BCUT2D eigenvalue weighted by Gasteiger charge is -2.26. The minimum atomic E-state index is 0.665. The molecule has 0 saturated carbocycles. The van der Waals surface area contributed by atoms with Gasteiger partial charge in [0.05, 0.1) is 16.8 Å². The van der Waals surface area contributed by atoms with Crippen LogP contribution in [0.15, 0.2) is 18.3 Å². The number of nitrogens with zero attached hydrogens (tertiary/aromatic N) is 4. The number of hydrogen-bond acceptors (Lipinski definition) is 5. The molecule has 0 radical (unpaired) electrons. The number of pyridine rings is 1. The fourth-order valence-corrected chi connectivity index (χ4v) is 3.46. The smallest absolute Gasteiger partial charge is 0.103 e. The second kappa shape index (κ2) is 7.16. The molecule has 24 heavy (non-hydrogen) atoms. The average Bonchev–Trinajstić information content (AvgIpc) is 2.81. The molecule has 1 saturated heterocycles. The van der Waals surface area contributed by atoms with Gasteiger partial charge in [-0.1, -0.05) is 0 Å². The van der Waals surface area contributed by atoms with Gasteiger partial charge in [-0.2, -0.15) is 5.26 Å². The Kier molecular flexibility index (Phi) is 4.98. The van der Waals surface area contributed by atoms with E-state index in [9.17, 15) is 5.26 Å². The zero-order valence-electron chi connectivity index (χ0n) is 14.5. The Bertz CT molecular complexity index is 777. The summed E-state index contributed by atoms with van der Waals surface area (Å²) in [5.74, 6) is 0. The van der Waals surface area contributed by atoms with Crippen LogP contribution in [0, 0.1) is 25.2 Å². The Morgan fingerprint density at radius 1 is 1.17 bits per heavy atom. The molecule has 0 aliphatic carbocycles. The number of aromatic nitrogens is 1. The molecule has 1 aliphatic rings. The first kappa shape index (κ1) is 16.7. The normalized spacial score (nSPS) is 16.2. The molecule has 2 aromatic rings. The highest BCUT2D eigenvalue weighted by molar-refractivity contribution is 5.95. The number of rotatable bonds is 3. The Morgan fingerprint density at radius 2 is 1.96 bits per heavy atom. The highest BCUT2D eigenvalue weighted by atomic mass is 15.2. The summed E-state index contributed by atoms with van der Waals surface area (Å²) in [4.78, 5) is 9.26. The van der Waals surface area contributed by atoms with Gasteiger partial charge in [-0.3, -0.25) is 4.98 Å². The van der Waals surface area contributed by atoms with Crippen LogP contribution < -0.4 is 10.6 Å². The van der Waals surface area contributed by atoms with E-state index in [4.69, 9.17) is 5.73 Å². The van der Waals surface area contributed by atoms with Gasteiger partial charge in [-0.05, 0) is 50.1 Å². The first-order valence-electron chi connectivity index (χ1n) is 8.61. The zero-order chi connectivity index (χ0) is 17.1. The van der Waals surface area contributed by atoms with E-state index in [0.717, 1.165) is 55.7 Å². The van der Waals surface area contributed by atoms with Crippen molar-refractivity contribution in [1.82, 2.24) is 9.88 Å². The molecule has 5 heteroatoms. The van der Waals surface area contributed by atoms with Crippen LogP contribution in [0.5, 0.6) is 0 Å². The maximum absolute atomic E-state index is 9.60. The monoisotopic (exact) mass is 323 g/mol. The molecule has 0 amide bonds. The lowest BCUT2D eigenvalue weighted by Crippen LogP contribution is -2.34. The number of fused-ring (bicyclic) bond motifs is 1. The minimum absolute atomic E-state index is 0.665. The topological polar surface area (TPSA) is 69.2 Å². The van der Waals surface area contributed by atoms with Gasteiger partial charge in [-0.25, -0.2) is 0 Å². The van der Waals surface area contributed by atoms with E-state index >= 15 is 0 Å². The van der Waals surface area contributed by atoms with E-state index in [1.54, 1.807) is 6.20 Å². The maximum atomic E-state index is 9.60. The molecule has 1 aromatic carbocycles. The first-order valence-corrected chi connectivity index (χ1v) is 8.61. The average molecular weight is 323 g/mol. The largest absolute Gasteiger partial charge is 0.369 e. The Morgan fingerprint density at radius 3 is 2.71 bits per heavy atom. The van der Waals surface area contributed by atoms with E-state index in [0.29, 0.717) is 12.1 Å². The molecule has 0 bridgehead atoms. The van der Waals surface area contributed by atoms with Crippen LogP contribution in [0.25, 0.3) is 10.9 Å². The van der Waals surface area contributed by atoms with Crippen molar-refractivity contribution in [2.24, 2.45) is 5.73 Å². The summed E-state index contributed by atoms with van der Waals surface area (Å²) in [6.07, 6.45) is 2.80. The summed E-state index contributed by atoms with van der Waals surface area (Å²) in [7, 11) is 0. The van der Waals surface area contributed by atoms with Crippen molar-refractivity contribution >= 4 is 16.6 Å². The Hall–Kier alpha value is -2.16. The van der Waals surface area contributed by atoms with Crippen molar-refractivity contribution in [3.63, 3.8) is 0 Å². The minimum Gasteiger partial charge on any atom is -0.369 e. The third-order valence-electron chi connectivity index (χ3n) is 4.93. The quantitative estimate of drug-likeness (QED) is 0.938. The van der Waals surface area contributed by atoms with Gasteiger partial charge in [0.25, 0.3) is 0 Å². The number of hydrogen-bond donors (Lipinski definition) is 1. The molecule has 1 fully saturated rings. The van der Waals surface area contributed by atoms with Gasteiger partial charge in [-0.15, -0.1) is 0 Å². The highest BCUT2D eigenvalue weighted by Gasteiger charge is 2.20. The number of benzene rings is 1. The third kappa shape index (κ3) is 3.21.